The number of nitrogens with one attached hydrogen (secondary N) is 1. The Bertz CT molecular complexity index is 646. The van der Waals surface area contributed by atoms with E-state index < -0.39 is 17.9 Å². The predicted octanol–water partition coefficient (Wildman–Crippen LogP) is 2.71. The zero-order valence-electron chi connectivity index (χ0n) is 11.9. The number of carboxylic acid groups (broad SMARTS) is 1. The van der Waals surface area contributed by atoms with Crippen molar-refractivity contribution in [2.45, 2.75) is 26.3 Å². The van der Waals surface area contributed by atoms with Gasteiger partial charge in [-0.15, -0.1) is 0 Å². The number of benzene rings is 1. The van der Waals surface area contributed by atoms with Crippen molar-refractivity contribution in [1.82, 2.24) is 5.32 Å². The maximum atomic E-state index is 12.2. The van der Waals surface area contributed by atoms with E-state index in [4.69, 9.17) is 4.42 Å². The highest BCUT2D eigenvalue weighted by Crippen LogP contribution is 2.18. The number of carboxylic acids is 1. The van der Waals surface area contributed by atoms with Gasteiger partial charge in [0.15, 0.2) is 11.8 Å². The minimum absolute atomic E-state index is 0.161. The summed E-state index contributed by atoms with van der Waals surface area (Å²) in [4.78, 5) is 23.6. The quantitative estimate of drug-likeness (QED) is 0.886. The molecule has 5 nitrogen and oxygen atoms in total. The molecule has 2 N–H and O–H groups in total. The number of carbonyl (C=O) groups is 2. The van der Waals surface area contributed by atoms with E-state index in [1.54, 1.807) is 43.3 Å². The van der Waals surface area contributed by atoms with Crippen LogP contribution in [-0.4, -0.2) is 17.0 Å². The topological polar surface area (TPSA) is 79.5 Å². The van der Waals surface area contributed by atoms with Crippen LogP contribution in [0.25, 0.3) is 0 Å². The molecule has 1 amide bonds. The first-order valence-corrected chi connectivity index (χ1v) is 6.70. The van der Waals surface area contributed by atoms with Gasteiger partial charge >= 0.3 is 5.97 Å². The second-order valence-electron chi connectivity index (χ2n) is 4.73. The lowest BCUT2D eigenvalue weighted by atomic mass is 10.1. The van der Waals surface area contributed by atoms with Gasteiger partial charge < -0.3 is 14.8 Å². The fourth-order valence-corrected chi connectivity index (χ4v) is 2.08. The van der Waals surface area contributed by atoms with Gasteiger partial charge in [0.05, 0.1) is 0 Å². The molecule has 1 heterocycles. The molecule has 5 heteroatoms. The van der Waals surface area contributed by atoms with Crippen molar-refractivity contribution in [3.05, 3.63) is 59.0 Å². The molecule has 1 aromatic carbocycles. The summed E-state index contributed by atoms with van der Waals surface area (Å²) in [5, 5.41) is 11.8. The zero-order chi connectivity index (χ0) is 15.4. The van der Waals surface area contributed by atoms with Gasteiger partial charge in [-0.25, -0.2) is 4.79 Å². The lowest BCUT2D eigenvalue weighted by Gasteiger charge is -2.14. The lowest BCUT2D eigenvalue weighted by molar-refractivity contribution is -0.139. The van der Waals surface area contributed by atoms with Crippen molar-refractivity contribution in [2.75, 3.05) is 0 Å². The summed E-state index contributed by atoms with van der Waals surface area (Å²) >= 11 is 0. The Morgan fingerprint density at radius 2 is 1.95 bits per heavy atom. The van der Waals surface area contributed by atoms with Gasteiger partial charge in [-0.1, -0.05) is 37.3 Å². The molecule has 110 valence electrons. The Labute approximate surface area is 122 Å². The monoisotopic (exact) mass is 287 g/mol. The summed E-state index contributed by atoms with van der Waals surface area (Å²) in [5.74, 6) is -0.781. The first-order chi connectivity index (χ1) is 10.0. The van der Waals surface area contributed by atoms with Crippen LogP contribution >= 0.6 is 0 Å². The largest absolute Gasteiger partial charge is 0.479 e. The molecule has 0 saturated heterocycles. The van der Waals surface area contributed by atoms with E-state index in [0.717, 1.165) is 0 Å². The van der Waals surface area contributed by atoms with E-state index in [0.29, 0.717) is 23.3 Å². The fourth-order valence-electron chi connectivity index (χ4n) is 2.08. The summed E-state index contributed by atoms with van der Waals surface area (Å²) in [7, 11) is 0. The normalized spacial score (nSPS) is 11.9. The molecule has 0 saturated carbocycles. The molecule has 1 unspecified atom stereocenters. The van der Waals surface area contributed by atoms with Crippen molar-refractivity contribution < 1.29 is 19.1 Å². The summed E-state index contributed by atoms with van der Waals surface area (Å²) in [6.07, 6.45) is 0.676. The minimum atomic E-state index is -1.12. The molecular formula is C16H17NO4. The van der Waals surface area contributed by atoms with Crippen molar-refractivity contribution in [3.8, 4) is 0 Å². The Morgan fingerprint density at radius 1 is 1.29 bits per heavy atom. The molecular weight excluding hydrogens is 270 g/mol. The molecule has 2 aromatic rings. The van der Waals surface area contributed by atoms with Gasteiger partial charge in [-0.3, -0.25) is 4.79 Å². The molecule has 0 aliphatic carbocycles. The van der Waals surface area contributed by atoms with Gasteiger partial charge in [0.25, 0.3) is 5.91 Å². The average molecular weight is 287 g/mol. The van der Waals surface area contributed by atoms with Crippen LogP contribution in [0.4, 0.5) is 0 Å². The Kier molecular flexibility index (Phi) is 4.42. The van der Waals surface area contributed by atoms with Gasteiger partial charge in [0.2, 0.25) is 0 Å². The summed E-state index contributed by atoms with van der Waals surface area (Å²) < 4.78 is 5.44. The Hall–Kier alpha value is -2.56. The zero-order valence-corrected chi connectivity index (χ0v) is 11.9. The number of rotatable bonds is 5. The summed E-state index contributed by atoms with van der Waals surface area (Å²) in [6.45, 7) is 3.68. The van der Waals surface area contributed by atoms with Crippen LogP contribution in [0.15, 0.2) is 40.8 Å². The van der Waals surface area contributed by atoms with Gasteiger partial charge in [0.1, 0.15) is 5.76 Å². The van der Waals surface area contributed by atoms with Crippen LogP contribution in [0.1, 0.15) is 40.4 Å². The Morgan fingerprint density at radius 3 is 2.48 bits per heavy atom. The van der Waals surface area contributed by atoms with E-state index in [1.165, 1.54) is 0 Å². The number of hydrogen-bond acceptors (Lipinski definition) is 3. The van der Waals surface area contributed by atoms with Crippen LogP contribution in [0.2, 0.25) is 0 Å². The highest BCUT2D eigenvalue weighted by molar-refractivity contribution is 5.95. The summed E-state index contributed by atoms with van der Waals surface area (Å²) in [6, 6.07) is 9.24. The number of furan rings is 1. The second-order valence-corrected chi connectivity index (χ2v) is 4.73. The minimum Gasteiger partial charge on any atom is -0.479 e. The molecule has 1 atom stereocenters. The van der Waals surface area contributed by atoms with E-state index >= 15 is 0 Å². The van der Waals surface area contributed by atoms with E-state index in [2.05, 4.69) is 5.32 Å². The first kappa shape index (κ1) is 14.8. The third-order valence-corrected chi connectivity index (χ3v) is 3.18. The number of aliphatic carboxylic acids is 1. The van der Waals surface area contributed by atoms with Crippen LogP contribution < -0.4 is 5.32 Å². The third kappa shape index (κ3) is 3.31. The molecule has 0 fully saturated rings. The summed E-state index contributed by atoms with van der Waals surface area (Å²) in [5.41, 5.74) is 1.21. The highest BCUT2D eigenvalue weighted by atomic mass is 16.4. The SMILES string of the molecule is CCc1cc(C)c(C(=O)NC(C(=O)O)c2ccccc2)o1. The maximum Gasteiger partial charge on any atom is 0.330 e. The van der Waals surface area contributed by atoms with Crippen molar-refractivity contribution in [2.24, 2.45) is 0 Å². The molecule has 2 rings (SSSR count). The molecule has 0 bridgehead atoms. The molecule has 21 heavy (non-hydrogen) atoms. The third-order valence-electron chi connectivity index (χ3n) is 3.18. The highest BCUT2D eigenvalue weighted by Gasteiger charge is 2.25. The molecule has 1 aromatic heterocycles. The smallest absolute Gasteiger partial charge is 0.330 e. The van der Waals surface area contributed by atoms with Gasteiger partial charge in [-0.2, -0.15) is 0 Å². The van der Waals surface area contributed by atoms with E-state index in [9.17, 15) is 14.7 Å². The van der Waals surface area contributed by atoms with Crippen LogP contribution in [0, 0.1) is 6.92 Å². The lowest BCUT2D eigenvalue weighted by Crippen LogP contribution is -2.33. The molecule has 0 aliphatic rings. The molecule has 0 aliphatic heterocycles. The van der Waals surface area contributed by atoms with Crippen molar-refractivity contribution in [1.29, 1.82) is 0 Å². The maximum absolute atomic E-state index is 12.2. The average Bonchev–Trinajstić information content (AvgIpc) is 2.86. The molecule has 0 radical (unpaired) electrons. The predicted molar refractivity (Wildman–Crippen MR) is 77.1 cm³/mol. The number of hydrogen-bond donors (Lipinski definition) is 2. The number of amides is 1. The fraction of sp³-hybridized carbons (Fsp3) is 0.250. The van der Waals surface area contributed by atoms with E-state index in [1.807, 2.05) is 6.92 Å². The van der Waals surface area contributed by atoms with Gasteiger partial charge in [-0.05, 0) is 18.6 Å². The second kappa shape index (κ2) is 6.26. The number of aryl methyl sites for hydroxylation is 2. The van der Waals surface area contributed by atoms with E-state index in [-0.39, 0.29) is 5.76 Å². The van der Waals surface area contributed by atoms with Crippen molar-refractivity contribution in [3.63, 3.8) is 0 Å². The van der Waals surface area contributed by atoms with Gasteiger partial charge in [0, 0.05) is 12.0 Å². The van der Waals surface area contributed by atoms with Crippen LogP contribution in [0.3, 0.4) is 0 Å². The van der Waals surface area contributed by atoms with Crippen LogP contribution in [-0.2, 0) is 11.2 Å². The van der Waals surface area contributed by atoms with Crippen LogP contribution in [0.5, 0.6) is 0 Å². The Balaban J connectivity index is 2.23. The standard InChI is InChI=1S/C16H17NO4/c1-3-12-9-10(2)14(21-12)15(18)17-13(16(19)20)11-7-5-4-6-8-11/h4-9,13H,3H2,1-2H3,(H,17,18)(H,19,20). The number of carbonyl (C=O) groups excluding carboxylic acids is 1. The van der Waals surface area contributed by atoms with Crippen molar-refractivity contribution >= 4 is 11.9 Å². The first-order valence-electron chi connectivity index (χ1n) is 6.70. The molecule has 0 spiro atoms.